The molecule has 0 spiro atoms. The second-order valence-corrected chi connectivity index (χ2v) is 4.91. The van der Waals surface area contributed by atoms with Gasteiger partial charge in [-0.25, -0.2) is 0 Å². The monoisotopic (exact) mass is 260 g/mol. The topological polar surface area (TPSA) is 49.4 Å². The summed E-state index contributed by atoms with van der Waals surface area (Å²) in [5, 5.41) is 10.4. The fraction of sp³-hybridized carbons (Fsp3) is 0.462. The Bertz CT molecular complexity index is 394. The Morgan fingerprint density at radius 2 is 1.94 bits per heavy atom. The van der Waals surface area contributed by atoms with Gasteiger partial charge in [-0.15, -0.1) is 0 Å². The van der Waals surface area contributed by atoms with Crippen molar-refractivity contribution in [1.29, 1.82) is 0 Å². The van der Waals surface area contributed by atoms with E-state index in [1.807, 2.05) is 19.1 Å². The van der Waals surface area contributed by atoms with Crippen molar-refractivity contribution < 1.29 is 66.0 Å². The molecule has 0 bridgehead atoms. The van der Waals surface area contributed by atoms with Crippen LogP contribution in [0.1, 0.15) is 31.9 Å². The predicted molar refractivity (Wildman–Crippen MR) is 60.4 cm³/mol. The fourth-order valence-corrected chi connectivity index (χ4v) is 1.49. The van der Waals surface area contributed by atoms with Crippen molar-refractivity contribution >= 4 is 5.97 Å². The molecule has 4 heteroatoms. The van der Waals surface area contributed by atoms with Crippen LogP contribution >= 0.6 is 0 Å². The number of carbonyl (C=O) groups excluding carboxylic acids is 1. The van der Waals surface area contributed by atoms with E-state index in [1.165, 1.54) is 0 Å². The van der Waals surface area contributed by atoms with Gasteiger partial charge in [-0.3, -0.25) is 0 Å². The number of hydrogen-bond donors (Lipinski definition) is 0. The molecule has 0 atom stereocenters. The van der Waals surface area contributed by atoms with Gasteiger partial charge in [0.2, 0.25) is 0 Å². The van der Waals surface area contributed by atoms with E-state index in [0.29, 0.717) is 5.75 Å². The Balaban J connectivity index is 0.00000256. The van der Waals surface area contributed by atoms with Gasteiger partial charge in [0.1, 0.15) is 12.4 Å². The van der Waals surface area contributed by atoms with Gasteiger partial charge in [0, 0.05) is 0 Å². The average molecular weight is 260 g/mol. The van der Waals surface area contributed by atoms with Crippen molar-refractivity contribution in [2.45, 2.75) is 33.1 Å². The Kier molecular flexibility index (Phi) is 6.95. The van der Waals surface area contributed by atoms with Crippen LogP contribution in [0.5, 0.6) is 5.75 Å². The smallest absolute Gasteiger partial charge is 0.546 e. The number of aryl methyl sites for hydroxylation is 1. The van der Waals surface area contributed by atoms with Gasteiger partial charge in [-0.1, -0.05) is 38.5 Å². The normalized spacial score (nSPS) is 10.6. The Morgan fingerprint density at radius 3 is 2.41 bits per heavy atom. The van der Waals surface area contributed by atoms with Crippen LogP contribution in [0, 0.1) is 6.92 Å². The van der Waals surface area contributed by atoms with Gasteiger partial charge in [-0.05, 0) is 24.0 Å². The second kappa shape index (κ2) is 6.90. The first-order valence-electron chi connectivity index (χ1n) is 5.24. The molecule has 0 amide bonds. The third-order valence-corrected chi connectivity index (χ3v) is 2.29. The largest absolute Gasteiger partial charge is 1.00 e. The summed E-state index contributed by atoms with van der Waals surface area (Å²) >= 11 is 0. The number of carboxylic acids is 1. The first-order chi connectivity index (χ1) is 7.30. The fourth-order valence-electron chi connectivity index (χ4n) is 1.49. The van der Waals surface area contributed by atoms with Gasteiger partial charge < -0.3 is 14.6 Å². The third-order valence-electron chi connectivity index (χ3n) is 2.29. The summed E-state index contributed by atoms with van der Waals surface area (Å²) in [6.45, 7) is 7.78. The number of ether oxygens (including phenoxy) is 1. The Labute approximate surface area is 145 Å². The van der Waals surface area contributed by atoms with Gasteiger partial charge in [0.05, 0.1) is 5.97 Å². The van der Waals surface area contributed by atoms with Crippen molar-refractivity contribution in [3.05, 3.63) is 29.3 Å². The molecule has 1 aromatic rings. The summed E-state index contributed by atoms with van der Waals surface area (Å²) in [6, 6.07) is 5.73. The van der Waals surface area contributed by atoms with Crippen LogP contribution < -0.4 is 61.2 Å². The molecule has 0 saturated heterocycles. The third kappa shape index (κ3) is 5.53. The van der Waals surface area contributed by atoms with E-state index in [9.17, 15) is 9.90 Å². The molecule has 0 heterocycles. The van der Waals surface area contributed by atoms with E-state index in [4.69, 9.17) is 4.74 Å². The van der Waals surface area contributed by atoms with E-state index >= 15 is 0 Å². The molecule has 0 fully saturated rings. The maximum absolute atomic E-state index is 10.4. The summed E-state index contributed by atoms with van der Waals surface area (Å²) in [5.41, 5.74) is 2.06. The standard InChI is InChI=1S/C13H18O3.K/c1-9-5-6-11(16-8-12(14)15)10(7-9)13(2,3)4;/h5-7H,8H2,1-4H3,(H,14,15);/q;+1/p-1. The van der Waals surface area contributed by atoms with E-state index < -0.39 is 12.6 Å². The molecular weight excluding hydrogens is 243 g/mol. The second-order valence-electron chi connectivity index (χ2n) is 4.91. The summed E-state index contributed by atoms with van der Waals surface area (Å²) in [4.78, 5) is 10.4. The summed E-state index contributed by atoms with van der Waals surface area (Å²) in [5.74, 6) is -0.595. The minimum absolute atomic E-state index is 0. The Hall–Kier alpha value is 0.126. The molecule has 0 aliphatic rings. The first-order valence-corrected chi connectivity index (χ1v) is 5.24. The molecule has 0 aliphatic carbocycles. The van der Waals surface area contributed by atoms with Crippen molar-refractivity contribution in [3.8, 4) is 5.75 Å². The number of aliphatic carboxylic acids is 1. The minimum atomic E-state index is -1.21. The first kappa shape index (κ1) is 17.1. The zero-order chi connectivity index (χ0) is 12.3. The molecule has 17 heavy (non-hydrogen) atoms. The number of carbonyl (C=O) groups is 1. The number of hydrogen-bond acceptors (Lipinski definition) is 3. The van der Waals surface area contributed by atoms with E-state index in [2.05, 4.69) is 20.8 Å². The molecule has 0 aromatic heterocycles. The van der Waals surface area contributed by atoms with Crippen molar-refractivity contribution in [2.24, 2.45) is 0 Å². The molecule has 88 valence electrons. The van der Waals surface area contributed by atoms with Crippen LogP contribution in [0.15, 0.2) is 18.2 Å². The maximum Gasteiger partial charge on any atom is 1.00 e. The van der Waals surface area contributed by atoms with E-state index in [-0.39, 0.29) is 56.8 Å². The molecule has 0 radical (unpaired) electrons. The molecule has 0 unspecified atom stereocenters. The van der Waals surface area contributed by atoms with Crippen LogP contribution in [-0.2, 0) is 10.2 Å². The van der Waals surface area contributed by atoms with Gasteiger partial charge in [0.15, 0.2) is 0 Å². The zero-order valence-corrected chi connectivity index (χ0v) is 14.3. The van der Waals surface area contributed by atoms with Crippen LogP contribution in [-0.4, -0.2) is 12.6 Å². The summed E-state index contributed by atoms with van der Waals surface area (Å²) in [7, 11) is 0. The molecular formula is C13H17KO3. The minimum Gasteiger partial charge on any atom is -0.546 e. The molecule has 0 saturated carbocycles. The van der Waals surface area contributed by atoms with Crippen molar-refractivity contribution in [3.63, 3.8) is 0 Å². The maximum atomic E-state index is 10.4. The van der Waals surface area contributed by atoms with E-state index in [0.717, 1.165) is 11.1 Å². The molecule has 1 rings (SSSR count). The number of benzene rings is 1. The van der Waals surface area contributed by atoms with Crippen LogP contribution in [0.3, 0.4) is 0 Å². The zero-order valence-electron chi connectivity index (χ0n) is 11.2. The van der Waals surface area contributed by atoms with Gasteiger partial charge in [-0.2, -0.15) is 0 Å². The van der Waals surface area contributed by atoms with Crippen LogP contribution in [0.25, 0.3) is 0 Å². The van der Waals surface area contributed by atoms with Crippen molar-refractivity contribution in [1.82, 2.24) is 0 Å². The summed E-state index contributed by atoms with van der Waals surface area (Å²) < 4.78 is 5.22. The van der Waals surface area contributed by atoms with Crippen LogP contribution in [0.4, 0.5) is 0 Å². The predicted octanol–water partition coefficient (Wildman–Crippen LogP) is -1.57. The average Bonchev–Trinajstić information content (AvgIpc) is 2.14. The summed E-state index contributed by atoms with van der Waals surface area (Å²) in [6.07, 6.45) is 0. The molecule has 3 nitrogen and oxygen atoms in total. The molecule has 0 N–H and O–H groups in total. The Morgan fingerprint density at radius 1 is 1.35 bits per heavy atom. The quantitative estimate of drug-likeness (QED) is 0.617. The molecule has 0 aliphatic heterocycles. The number of rotatable bonds is 3. The molecule has 1 aromatic carbocycles. The van der Waals surface area contributed by atoms with Gasteiger partial charge >= 0.3 is 51.4 Å². The van der Waals surface area contributed by atoms with E-state index in [1.54, 1.807) is 6.07 Å². The van der Waals surface area contributed by atoms with Gasteiger partial charge in [0.25, 0.3) is 0 Å². The SMILES string of the molecule is Cc1ccc(OCC(=O)[O-])c(C(C)(C)C)c1.[K+]. The van der Waals surface area contributed by atoms with Crippen molar-refractivity contribution in [2.75, 3.05) is 6.61 Å². The number of carboxylic acid groups (broad SMARTS) is 1. The van der Waals surface area contributed by atoms with Crippen LogP contribution in [0.2, 0.25) is 0 Å².